The Morgan fingerprint density at radius 3 is 2.48 bits per heavy atom. The molecule has 0 aromatic heterocycles. The highest BCUT2D eigenvalue weighted by Gasteiger charge is 2.35. The number of aryl methyl sites for hydroxylation is 1. The third-order valence-electron chi connectivity index (χ3n) is 8.04. The zero-order valence-electron chi connectivity index (χ0n) is 26.3. The van der Waals surface area contributed by atoms with E-state index in [1.54, 1.807) is 4.90 Å². The van der Waals surface area contributed by atoms with Crippen LogP contribution in [0.3, 0.4) is 0 Å². The fraction of sp³-hybridized carbons (Fsp3) is 0.351. The lowest BCUT2D eigenvalue weighted by Gasteiger charge is -2.38. The molecule has 44 heavy (non-hydrogen) atoms. The lowest BCUT2D eigenvalue weighted by atomic mass is 9.83. The third kappa shape index (κ3) is 6.99. The molecule has 230 valence electrons. The van der Waals surface area contributed by atoms with Gasteiger partial charge >= 0.3 is 12.1 Å². The van der Waals surface area contributed by atoms with Crippen LogP contribution in [0.1, 0.15) is 68.3 Å². The van der Waals surface area contributed by atoms with Gasteiger partial charge in [-0.3, -0.25) is 4.90 Å². The molecule has 0 bridgehead atoms. The lowest BCUT2D eigenvalue weighted by molar-refractivity contribution is -0.142. The van der Waals surface area contributed by atoms with Gasteiger partial charge in [-0.15, -0.1) is 0 Å². The first-order valence-corrected chi connectivity index (χ1v) is 15.1. The van der Waals surface area contributed by atoms with Crippen LogP contribution in [0.5, 0.6) is 11.5 Å². The summed E-state index contributed by atoms with van der Waals surface area (Å²) >= 11 is 0. The number of benzene rings is 4. The van der Waals surface area contributed by atoms with Crippen LogP contribution in [-0.2, 0) is 14.3 Å². The molecule has 3 unspecified atom stereocenters. The van der Waals surface area contributed by atoms with E-state index in [0.29, 0.717) is 18.7 Å². The molecule has 1 aliphatic heterocycles. The molecule has 0 fully saturated rings. The molecule has 0 N–H and O–H groups in total. The van der Waals surface area contributed by atoms with E-state index in [1.807, 2.05) is 83.1 Å². The van der Waals surface area contributed by atoms with Crippen LogP contribution in [-0.4, -0.2) is 48.9 Å². The summed E-state index contributed by atoms with van der Waals surface area (Å²) in [5, 5.41) is 2.22. The Hall–Kier alpha value is -4.52. The maximum absolute atomic E-state index is 13.8. The Labute approximate surface area is 259 Å². The highest BCUT2D eigenvalue weighted by molar-refractivity contribution is 5.86. The molecular formula is C37H41NO6. The van der Waals surface area contributed by atoms with Crippen LogP contribution in [0.4, 0.5) is 4.79 Å². The van der Waals surface area contributed by atoms with Gasteiger partial charge < -0.3 is 18.9 Å². The van der Waals surface area contributed by atoms with E-state index in [4.69, 9.17) is 18.9 Å². The van der Waals surface area contributed by atoms with Gasteiger partial charge in [-0.05, 0) is 80.6 Å². The highest BCUT2D eigenvalue weighted by Crippen LogP contribution is 2.42. The second-order valence-corrected chi connectivity index (χ2v) is 12.3. The summed E-state index contributed by atoms with van der Waals surface area (Å²) in [6.07, 6.45) is -0.0516. The highest BCUT2D eigenvalue weighted by atomic mass is 16.6. The molecule has 7 nitrogen and oxygen atoms in total. The van der Waals surface area contributed by atoms with Crippen molar-refractivity contribution >= 4 is 22.8 Å². The summed E-state index contributed by atoms with van der Waals surface area (Å²) in [6.45, 7) is 9.81. The minimum Gasteiger partial charge on any atom is -0.488 e. The Bertz CT molecular complexity index is 1640. The van der Waals surface area contributed by atoms with Crippen molar-refractivity contribution in [3.8, 4) is 11.5 Å². The van der Waals surface area contributed by atoms with Crippen LogP contribution in [0.25, 0.3) is 10.8 Å². The molecule has 0 spiro atoms. The Morgan fingerprint density at radius 2 is 1.70 bits per heavy atom. The first-order valence-electron chi connectivity index (χ1n) is 15.1. The number of esters is 1. The Kier molecular flexibility index (Phi) is 9.14. The topological polar surface area (TPSA) is 74.3 Å². The number of carbonyl (C=O) groups excluding carboxylic acids is 2. The molecule has 0 radical (unpaired) electrons. The van der Waals surface area contributed by atoms with Gasteiger partial charge in [0.1, 0.15) is 23.2 Å². The molecule has 1 aliphatic rings. The van der Waals surface area contributed by atoms with E-state index in [1.165, 1.54) is 7.11 Å². The number of amides is 1. The Morgan fingerprint density at radius 1 is 0.977 bits per heavy atom. The fourth-order valence-electron chi connectivity index (χ4n) is 5.82. The first-order chi connectivity index (χ1) is 21.0. The summed E-state index contributed by atoms with van der Waals surface area (Å²) in [4.78, 5) is 27.4. The molecule has 3 atom stereocenters. The maximum Gasteiger partial charge on any atom is 0.410 e. The number of fused-ring (bicyclic) bond motifs is 2. The number of hydrogen-bond acceptors (Lipinski definition) is 6. The predicted octanol–water partition coefficient (Wildman–Crippen LogP) is 7.98. The molecule has 0 aliphatic carbocycles. The smallest absolute Gasteiger partial charge is 0.410 e. The SMILES string of the molecule is COC(=O)COc1cc(C2CC(CN(C(=O)OC(C)(C)C)C(C)c3cccc4ccccc34)Oc3ccccc32)ccc1C. The van der Waals surface area contributed by atoms with Crippen molar-refractivity contribution in [3.63, 3.8) is 0 Å². The molecule has 1 amide bonds. The number of ether oxygens (including phenoxy) is 4. The fourth-order valence-corrected chi connectivity index (χ4v) is 5.82. The van der Waals surface area contributed by atoms with Crippen molar-refractivity contribution < 1.29 is 28.5 Å². The van der Waals surface area contributed by atoms with Gasteiger partial charge in [0.15, 0.2) is 6.61 Å². The van der Waals surface area contributed by atoms with Crippen molar-refractivity contribution in [2.24, 2.45) is 0 Å². The van der Waals surface area contributed by atoms with Gasteiger partial charge in [-0.1, -0.05) is 72.8 Å². The van der Waals surface area contributed by atoms with Gasteiger partial charge in [0.2, 0.25) is 0 Å². The average molecular weight is 596 g/mol. The van der Waals surface area contributed by atoms with E-state index in [2.05, 4.69) is 36.4 Å². The van der Waals surface area contributed by atoms with Crippen LogP contribution < -0.4 is 9.47 Å². The van der Waals surface area contributed by atoms with Crippen molar-refractivity contribution in [2.45, 2.75) is 64.7 Å². The van der Waals surface area contributed by atoms with Gasteiger partial charge in [-0.2, -0.15) is 0 Å². The summed E-state index contributed by atoms with van der Waals surface area (Å²) < 4.78 is 23.1. The molecule has 4 aromatic carbocycles. The molecular weight excluding hydrogens is 554 g/mol. The van der Waals surface area contributed by atoms with Crippen LogP contribution in [0, 0.1) is 6.92 Å². The molecule has 5 rings (SSSR count). The summed E-state index contributed by atoms with van der Waals surface area (Å²) in [5.41, 5.74) is 3.43. The van der Waals surface area contributed by atoms with Gasteiger partial charge in [0, 0.05) is 11.5 Å². The zero-order chi connectivity index (χ0) is 31.4. The van der Waals surface area contributed by atoms with Crippen molar-refractivity contribution in [1.29, 1.82) is 0 Å². The van der Waals surface area contributed by atoms with Crippen LogP contribution >= 0.6 is 0 Å². The molecule has 7 heteroatoms. The van der Waals surface area contributed by atoms with Crippen LogP contribution in [0.2, 0.25) is 0 Å². The number of methoxy groups -OCH3 is 1. The summed E-state index contributed by atoms with van der Waals surface area (Å²) in [6, 6.07) is 28.2. The quantitative estimate of drug-likeness (QED) is 0.192. The normalized spacial score (nSPS) is 16.8. The van der Waals surface area contributed by atoms with Crippen molar-refractivity contribution in [1.82, 2.24) is 4.90 Å². The van der Waals surface area contributed by atoms with Crippen molar-refractivity contribution in [2.75, 3.05) is 20.3 Å². The number of carbonyl (C=O) groups is 2. The second-order valence-electron chi connectivity index (χ2n) is 12.3. The minimum atomic E-state index is -0.654. The average Bonchev–Trinajstić information content (AvgIpc) is 3.01. The molecule has 1 heterocycles. The standard InChI is InChI=1S/C37H41NO6/c1-24-18-19-27(20-34(24)42-23-35(39)41-6)32-21-28(43-33-17-10-9-15-31(32)33)22-38(36(40)44-37(3,4)5)25(2)29-16-11-13-26-12-7-8-14-30(26)29/h7-20,25,28,32H,21-23H2,1-6H3. The van der Waals surface area contributed by atoms with Crippen molar-refractivity contribution in [3.05, 3.63) is 107 Å². The minimum absolute atomic E-state index is 0.0145. The number of rotatable bonds is 8. The third-order valence-corrected chi connectivity index (χ3v) is 8.04. The van der Waals surface area contributed by atoms with Gasteiger partial charge in [-0.25, -0.2) is 9.59 Å². The van der Waals surface area contributed by atoms with E-state index >= 15 is 0 Å². The van der Waals surface area contributed by atoms with Crippen LogP contribution in [0.15, 0.2) is 84.9 Å². The monoisotopic (exact) mass is 595 g/mol. The number of nitrogens with zero attached hydrogens (tertiary/aromatic N) is 1. The maximum atomic E-state index is 13.8. The lowest BCUT2D eigenvalue weighted by Crippen LogP contribution is -2.45. The Balaban J connectivity index is 1.48. The predicted molar refractivity (Wildman–Crippen MR) is 171 cm³/mol. The largest absolute Gasteiger partial charge is 0.488 e. The van der Waals surface area contributed by atoms with E-state index in [0.717, 1.165) is 38.8 Å². The first kappa shape index (κ1) is 30.9. The second kappa shape index (κ2) is 13.0. The van der Waals surface area contributed by atoms with Gasteiger partial charge in [0.05, 0.1) is 19.7 Å². The summed E-state index contributed by atoms with van der Waals surface area (Å²) in [5.74, 6) is 0.967. The van der Waals surface area contributed by atoms with E-state index in [9.17, 15) is 9.59 Å². The molecule has 0 saturated carbocycles. The van der Waals surface area contributed by atoms with Gasteiger partial charge in [0.25, 0.3) is 0 Å². The molecule has 4 aromatic rings. The number of para-hydroxylation sites is 1. The zero-order valence-corrected chi connectivity index (χ0v) is 26.3. The summed E-state index contributed by atoms with van der Waals surface area (Å²) in [7, 11) is 1.34. The van der Waals surface area contributed by atoms with E-state index in [-0.39, 0.29) is 30.8 Å². The van der Waals surface area contributed by atoms with E-state index < -0.39 is 11.6 Å². The number of hydrogen-bond donors (Lipinski definition) is 0. The molecule has 0 saturated heterocycles.